The van der Waals surface area contributed by atoms with Crippen molar-refractivity contribution in [1.82, 2.24) is 19.7 Å². The normalized spacial score (nSPS) is 11.9. The number of fused-ring (bicyclic) bond motifs is 1. The number of hydrogen-bond donors (Lipinski definition) is 0. The number of hydrogen-bond acceptors (Lipinski definition) is 7. The van der Waals surface area contributed by atoms with E-state index in [4.69, 9.17) is 19.2 Å². The van der Waals surface area contributed by atoms with Crippen LogP contribution in [0.2, 0.25) is 0 Å². The fraction of sp³-hybridized carbons (Fsp3) is 0.250. The number of esters is 1. The average molecular weight is 432 g/mol. The van der Waals surface area contributed by atoms with Crippen molar-refractivity contribution >= 4 is 17.0 Å². The molecule has 32 heavy (non-hydrogen) atoms. The lowest BCUT2D eigenvalue weighted by molar-refractivity contribution is -0.140. The zero-order valence-corrected chi connectivity index (χ0v) is 18.4. The molecule has 0 radical (unpaired) electrons. The van der Waals surface area contributed by atoms with Crippen molar-refractivity contribution in [2.24, 2.45) is 7.05 Å². The molecule has 1 unspecified atom stereocenters. The minimum atomic E-state index is -0.313. The smallest absolute Gasteiger partial charge is 0.306 e. The molecule has 164 valence electrons. The van der Waals surface area contributed by atoms with Gasteiger partial charge in [0.2, 0.25) is 0 Å². The van der Waals surface area contributed by atoms with E-state index in [1.807, 2.05) is 43.6 Å². The molecule has 4 aromatic rings. The summed E-state index contributed by atoms with van der Waals surface area (Å²) in [6, 6.07) is 11.4. The first-order valence-electron chi connectivity index (χ1n) is 10.1. The predicted molar refractivity (Wildman–Crippen MR) is 120 cm³/mol. The molecule has 4 rings (SSSR count). The van der Waals surface area contributed by atoms with Gasteiger partial charge >= 0.3 is 5.97 Å². The van der Waals surface area contributed by atoms with Gasteiger partial charge in [-0.15, -0.1) is 0 Å². The third-order valence-electron chi connectivity index (χ3n) is 5.34. The molecule has 0 bridgehead atoms. The summed E-state index contributed by atoms with van der Waals surface area (Å²) in [4.78, 5) is 21.6. The Bertz CT molecular complexity index is 1250. The number of nitrogens with zero attached hydrogens (tertiary/aromatic N) is 4. The summed E-state index contributed by atoms with van der Waals surface area (Å²) >= 11 is 0. The number of benzene rings is 2. The van der Waals surface area contributed by atoms with Gasteiger partial charge in [-0.3, -0.25) is 14.5 Å². The molecular formula is C24H24N4O4. The molecule has 0 fully saturated rings. The van der Waals surface area contributed by atoms with E-state index in [-0.39, 0.29) is 18.3 Å². The first-order chi connectivity index (χ1) is 15.5. The van der Waals surface area contributed by atoms with Gasteiger partial charge in [-0.1, -0.05) is 6.07 Å². The first-order valence-corrected chi connectivity index (χ1v) is 10.1. The van der Waals surface area contributed by atoms with Gasteiger partial charge in [-0.25, -0.2) is 4.98 Å². The SMILES string of the molecule is COC(=O)CC(c1cc(OC)cc(OC)c1)c1ccc2ncc(-c3cnn(C)c3)nc2c1. The van der Waals surface area contributed by atoms with Crippen LogP contribution >= 0.6 is 0 Å². The molecule has 8 nitrogen and oxygen atoms in total. The molecule has 0 aliphatic heterocycles. The van der Waals surface area contributed by atoms with Gasteiger partial charge in [0.1, 0.15) is 11.5 Å². The molecular weight excluding hydrogens is 408 g/mol. The van der Waals surface area contributed by atoms with Crippen LogP contribution in [0.1, 0.15) is 23.5 Å². The summed E-state index contributed by atoms with van der Waals surface area (Å²) < 4.78 is 17.5. The Morgan fingerprint density at radius 3 is 2.34 bits per heavy atom. The van der Waals surface area contributed by atoms with Gasteiger partial charge in [0.25, 0.3) is 0 Å². The topological polar surface area (TPSA) is 88.4 Å². The lowest BCUT2D eigenvalue weighted by atomic mass is 9.88. The van der Waals surface area contributed by atoms with Gasteiger partial charge in [0.05, 0.1) is 56.9 Å². The van der Waals surface area contributed by atoms with Crippen molar-refractivity contribution in [2.45, 2.75) is 12.3 Å². The van der Waals surface area contributed by atoms with E-state index in [0.717, 1.165) is 33.4 Å². The summed E-state index contributed by atoms with van der Waals surface area (Å²) in [7, 11) is 6.44. The fourth-order valence-electron chi connectivity index (χ4n) is 3.65. The van der Waals surface area contributed by atoms with E-state index >= 15 is 0 Å². The molecule has 2 heterocycles. The summed E-state index contributed by atoms with van der Waals surface area (Å²) in [6.07, 6.45) is 5.54. The first kappa shape index (κ1) is 21.3. The maximum Gasteiger partial charge on any atom is 0.306 e. The van der Waals surface area contributed by atoms with Gasteiger partial charge in [-0.2, -0.15) is 5.10 Å². The second-order valence-corrected chi connectivity index (χ2v) is 7.38. The van der Waals surface area contributed by atoms with Crippen LogP contribution in [-0.2, 0) is 16.6 Å². The number of aryl methyl sites for hydroxylation is 1. The Labute approximate surface area is 185 Å². The van der Waals surface area contributed by atoms with Crippen molar-refractivity contribution in [1.29, 1.82) is 0 Å². The maximum absolute atomic E-state index is 12.3. The Hall–Kier alpha value is -3.94. The molecule has 0 amide bonds. The van der Waals surface area contributed by atoms with Crippen LogP contribution in [0.15, 0.2) is 55.0 Å². The number of ether oxygens (including phenoxy) is 3. The summed E-state index contributed by atoms with van der Waals surface area (Å²) in [6.45, 7) is 0. The third-order valence-corrected chi connectivity index (χ3v) is 5.34. The summed E-state index contributed by atoms with van der Waals surface area (Å²) in [5.74, 6) is 0.703. The van der Waals surface area contributed by atoms with Crippen LogP contribution in [-0.4, -0.2) is 47.0 Å². The van der Waals surface area contributed by atoms with E-state index in [0.29, 0.717) is 11.5 Å². The largest absolute Gasteiger partial charge is 0.497 e. The lowest BCUT2D eigenvalue weighted by Gasteiger charge is -2.19. The van der Waals surface area contributed by atoms with Crippen LogP contribution in [0.4, 0.5) is 0 Å². The Morgan fingerprint density at radius 2 is 1.72 bits per heavy atom. The van der Waals surface area contributed by atoms with Crippen molar-refractivity contribution < 1.29 is 19.0 Å². The standard InChI is InChI=1S/C24H24N4O4/c1-28-14-17(12-26-28)23-13-25-21-6-5-15(9-22(21)27-23)20(11-24(29)32-4)16-7-18(30-2)10-19(8-16)31-3/h5-10,12-14,20H,11H2,1-4H3. The summed E-state index contributed by atoms with van der Waals surface area (Å²) in [5, 5.41) is 4.21. The second kappa shape index (κ2) is 9.05. The molecule has 2 aromatic carbocycles. The van der Waals surface area contributed by atoms with E-state index in [1.165, 1.54) is 7.11 Å². The van der Waals surface area contributed by atoms with Crippen LogP contribution in [0.5, 0.6) is 11.5 Å². The quantitative estimate of drug-likeness (QED) is 0.411. The number of aromatic nitrogens is 4. The van der Waals surface area contributed by atoms with Crippen molar-refractivity contribution in [3.8, 4) is 22.8 Å². The Morgan fingerprint density at radius 1 is 0.969 bits per heavy atom. The molecule has 1 atom stereocenters. The van der Waals surface area contributed by atoms with E-state index in [2.05, 4.69) is 10.1 Å². The zero-order chi connectivity index (χ0) is 22.7. The van der Waals surface area contributed by atoms with Crippen molar-refractivity contribution in [3.05, 3.63) is 66.1 Å². The van der Waals surface area contributed by atoms with Crippen LogP contribution in [0.25, 0.3) is 22.3 Å². The van der Waals surface area contributed by atoms with E-state index in [1.54, 1.807) is 37.4 Å². The summed E-state index contributed by atoms with van der Waals surface area (Å²) in [5.41, 5.74) is 4.90. The highest BCUT2D eigenvalue weighted by Crippen LogP contribution is 2.35. The average Bonchev–Trinajstić information content (AvgIpc) is 3.27. The van der Waals surface area contributed by atoms with E-state index in [9.17, 15) is 4.79 Å². The minimum absolute atomic E-state index is 0.161. The molecule has 0 saturated heterocycles. The number of carbonyl (C=O) groups is 1. The highest BCUT2D eigenvalue weighted by molar-refractivity contribution is 5.79. The van der Waals surface area contributed by atoms with Crippen LogP contribution in [0, 0.1) is 0 Å². The monoisotopic (exact) mass is 432 g/mol. The number of rotatable bonds is 7. The third kappa shape index (κ3) is 4.39. The second-order valence-electron chi connectivity index (χ2n) is 7.38. The minimum Gasteiger partial charge on any atom is -0.497 e. The molecule has 2 aromatic heterocycles. The molecule has 8 heteroatoms. The van der Waals surface area contributed by atoms with Gasteiger partial charge in [0, 0.05) is 30.8 Å². The predicted octanol–water partition coefficient (Wildman–Crippen LogP) is 3.74. The fourth-order valence-corrected chi connectivity index (χ4v) is 3.65. The molecule has 0 N–H and O–H groups in total. The van der Waals surface area contributed by atoms with Crippen molar-refractivity contribution in [3.63, 3.8) is 0 Å². The molecule has 0 saturated carbocycles. The van der Waals surface area contributed by atoms with Crippen LogP contribution in [0.3, 0.4) is 0 Å². The van der Waals surface area contributed by atoms with Crippen molar-refractivity contribution in [2.75, 3.05) is 21.3 Å². The van der Waals surface area contributed by atoms with Crippen LogP contribution < -0.4 is 9.47 Å². The van der Waals surface area contributed by atoms with Gasteiger partial charge in [0.15, 0.2) is 0 Å². The Balaban J connectivity index is 1.81. The molecule has 0 aliphatic rings. The van der Waals surface area contributed by atoms with E-state index < -0.39 is 0 Å². The Kier molecular flexibility index (Phi) is 6.02. The molecule has 0 aliphatic carbocycles. The highest BCUT2D eigenvalue weighted by atomic mass is 16.5. The lowest BCUT2D eigenvalue weighted by Crippen LogP contribution is -2.11. The maximum atomic E-state index is 12.3. The number of carbonyl (C=O) groups excluding carboxylic acids is 1. The highest BCUT2D eigenvalue weighted by Gasteiger charge is 2.21. The number of methoxy groups -OCH3 is 3. The molecule has 0 spiro atoms. The zero-order valence-electron chi connectivity index (χ0n) is 18.4. The van der Waals surface area contributed by atoms with Gasteiger partial charge < -0.3 is 14.2 Å². The van der Waals surface area contributed by atoms with Gasteiger partial charge in [-0.05, 0) is 35.4 Å².